The van der Waals surface area contributed by atoms with E-state index < -0.39 is 0 Å². The molecule has 0 bridgehead atoms. The van der Waals surface area contributed by atoms with Gasteiger partial charge in [0.25, 0.3) is 0 Å². The molecule has 1 heterocycles. The zero-order valence-electron chi connectivity index (χ0n) is 5.49. The summed E-state index contributed by atoms with van der Waals surface area (Å²) in [5, 5.41) is 6.91. The lowest BCUT2D eigenvalue weighted by Crippen LogP contribution is -2.38. The van der Waals surface area contributed by atoms with Crippen LogP contribution in [-0.4, -0.2) is 24.1 Å². The zero-order chi connectivity index (χ0) is 8.27. The third-order valence-electron chi connectivity index (χ3n) is 1.03. The van der Waals surface area contributed by atoms with E-state index in [4.69, 9.17) is 0 Å². The Balaban J connectivity index is 2.95. The first-order valence-corrected chi connectivity index (χ1v) is 3.94. The number of nitrogens with zero attached hydrogens (tertiary/aromatic N) is 3. The fourth-order valence-corrected chi connectivity index (χ4v) is 1.01. The van der Waals surface area contributed by atoms with E-state index in [1.165, 1.54) is 6.34 Å². The van der Waals surface area contributed by atoms with E-state index in [1.54, 1.807) is 4.08 Å². The summed E-state index contributed by atoms with van der Waals surface area (Å²) in [5.41, 5.74) is 0. The molecular weight excluding hydrogens is 259 g/mol. The average molecular weight is 264 g/mol. The van der Waals surface area contributed by atoms with Crippen LogP contribution in [0, 0.1) is 0 Å². The number of halogens is 1. The summed E-state index contributed by atoms with van der Waals surface area (Å²) in [6.07, 6.45) is 1.31. The normalized spacial score (nSPS) is 20.3. The third kappa shape index (κ3) is 1.56. The Morgan fingerprint density at radius 3 is 3.09 bits per heavy atom. The first-order chi connectivity index (χ1) is 5.29. The molecule has 1 aliphatic heterocycles. The first-order valence-electron chi connectivity index (χ1n) is 2.69. The van der Waals surface area contributed by atoms with E-state index in [0.29, 0.717) is 5.82 Å². The van der Waals surface area contributed by atoms with Crippen molar-refractivity contribution in [1.82, 2.24) is 10.3 Å². The fourth-order valence-electron chi connectivity index (χ4n) is 0.585. The van der Waals surface area contributed by atoms with Crippen LogP contribution in [0.3, 0.4) is 0 Å². The number of carbonyl (C=O) groups excluding carboxylic acids is 1. The van der Waals surface area contributed by atoms with Crippen molar-refractivity contribution in [2.24, 2.45) is 10.1 Å². The van der Waals surface area contributed by atoms with E-state index in [-0.39, 0.29) is 6.03 Å². The molecule has 11 heavy (non-hydrogen) atoms. The number of aliphatic imine (C=N–C) groups is 1. The number of hydrogen-bond donors (Lipinski definition) is 1. The second-order valence-corrected chi connectivity index (χ2v) is 2.25. The van der Waals surface area contributed by atoms with Crippen molar-refractivity contribution in [3.05, 3.63) is 9.90 Å². The van der Waals surface area contributed by atoms with Crippen LogP contribution in [0.25, 0.3) is 0 Å². The van der Waals surface area contributed by atoms with Gasteiger partial charge in [0.2, 0.25) is 0 Å². The van der Waals surface area contributed by atoms with Gasteiger partial charge in [-0.15, -0.1) is 0 Å². The van der Waals surface area contributed by atoms with E-state index in [0.717, 1.165) is 5.01 Å². The number of carbonyl (C=O) groups is 1. The average Bonchev–Trinajstić information content (AvgIpc) is 2.04. The Bertz CT molecular complexity index is 247. The summed E-state index contributed by atoms with van der Waals surface area (Å²) in [6, 6.07) is -0.349. The zero-order valence-corrected chi connectivity index (χ0v) is 7.65. The van der Waals surface area contributed by atoms with Crippen LogP contribution >= 0.6 is 22.6 Å². The summed E-state index contributed by atoms with van der Waals surface area (Å²) in [6.45, 7) is 3.23. The van der Waals surface area contributed by atoms with Crippen LogP contribution in [0.4, 0.5) is 4.79 Å². The molecule has 5 nitrogen and oxygen atoms in total. The first kappa shape index (κ1) is 8.18. The third-order valence-corrected chi connectivity index (χ3v) is 1.59. The van der Waals surface area contributed by atoms with E-state index in [1.807, 2.05) is 22.6 Å². The molecule has 0 aromatic carbocycles. The van der Waals surface area contributed by atoms with Crippen molar-refractivity contribution in [1.29, 1.82) is 0 Å². The molecule has 0 fully saturated rings. The highest BCUT2D eigenvalue weighted by Crippen LogP contribution is 2.10. The molecule has 0 aliphatic carbocycles. The van der Waals surface area contributed by atoms with Gasteiger partial charge in [-0.25, -0.2) is 9.79 Å². The predicted octanol–water partition coefficient (Wildman–Crippen LogP) is 0.889. The van der Waals surface area contributed by atoms with Gasteiger partial charge in [-0.3, -0.25) is 5.32 Å². The topological polar surface area (TPSA) is 57.1 Å². The Labute approximate surface area is 77.0 Å². The van der Waals surface area contributed by atoms with Crippen LogP contribution in [0.15, 0.2) is 20.0 Å². The van der Waals surface area contributed by atoms with E-state index in [9.17, 15) is 4.79 Å². The smallest absolute Gasteiger partial charge is 0.296 e. The van der Waals surface area contributed by atoms with Gasteiger partial charge in [0.1, 0.15) is 0 Å². The Morgan fingerprint density at radius 2 is 2.64 bits per heavy atom. The number of amides is 2. The second kappa shape index (κ2) is 3.46. The van der Waals surface area contributed by atoms with Crippen molar-refractivity contribution in [3.63, 3.8) is 0 Å². The lowest BCUT2D eigenvalue weighted by atomic mass is 10.7. The van der Waals surface area contributed by atoms with Crippen LogP contribution in [0.2, 0.25) is 0 Å². The minimum atomic E-state index is -0.349. The summed E-state index contributed by atoms with van der Waals surface area (Å²) in [4.78, 5) is 14.8. The molecule has 0 unspecified atom stereocenters. The minimum absolute atomic E-state index is 0.349. The summed E-state index contributed by atoms with van der Waals surface area (Å²) in [5.74, 6) is 0.462. The molecule has 58 valence electrons. The highest BCUT2D eigenvalue weighted by Gasteiger charge is 2.17. The van der Waals surface area contributed by atoms with Gasteiger partial charge >= 0.3 is 6.03 Å². The predicted molar refractivity (Wildman–Crippen MR) is 50.5 cm³/mol. The quantitative estimate of drug-likeness (QED) is 0.555. The van der Waals surface area contributed by atoms with E-state index in [2.05, 4.69) is 22.1 Å². The largest absolute Gasteiger partial charge is 0.349 e. The maximum absolute atomic E-state index is 10.9. The van der Waals surface area contributed by atoms with Crippen LogP contribution < -0.4 is 5.32 Å². The molecule has 6 heteroatoms. The van der Waals surface area contributed by atoms with Gasteiger partial charge in [-0.2, -0.15) is 10.1 Å². The van der Waals surface area contributed by atoms with Crippen molar-refractivity contribution in [3.8, 4) is 0 Å². The molecule has 1 rings (SSSR count). The molecule has 0 saturated carbocycles. The number of urea groups is 1. The number of nitrogens with one attached hydrogen (secondary N) is 1. The van der Waals surface area contributed by atoms with Gasteiger partial charge in [-0.05, 0) is 22.6 Å². The number of hydrogen-bond acceptors (Lipinski definition) is 3. The Kier molecular flexibility index (Phi) is 2.58. The Morgan fingerprint density at radius 1 is 1.91 bits per heavy atom. The van der Waals surface area contributed by atoms with Crippen LogP contribution in [0.5, 0.6) is 0 Å². The van der Waals surface area contributed by atoms with Crippen molar-refractivity contribution >= 4 is 41.7 Å². The molecule has 0 atom stereocenters. The standard InChI is InChI=1S/C5H5IN4O/c1-7-10-4(2-6)8-3-9-5(10)11/h2-3H,1H2,(H,8,9,11)/b4-2+. The van der Waals surface area contributed by atoms with Gasteiger partial charge in [0, 0.05) is 10.8 Å². The van der Waals surface area contributed by atoms with Crippen molar-refractivity contribution in [2.75, 3.05) is 0 Å². The maximum Gasteiger partial charge on any atom is 0.349 e. The minimum Gasteiger partial charge on any atom is -0.296 e. The summed E-state index contributed by atoms with van der Waals surface area (Å²) in [7, 11) is 0. The van der Waals surface area contributed by atoms with Crippen molar-refractivity contribution in [2.45, 2.75) is 0 Å². The van der Waals surface area contributed by atoms with Crippen LogP contribution in [0.1, 0.15) is 0 Å². The molecule has 0 spiro atoms. The highest BCUT2D eigenvalue weighted by molar-refractivity contribution is 14.1. The molecule has 0 aromatic heterocycles. The number of hydrazone groups is 1. The molecular formula is C5H5IN4O. The second-order valence-electron chi connectivity index (χ2n) is 1.63. The van der Waals surface area contributed by atoms with E-state index >= 15 is 0 Å². The fraction of sp³-hybridized carbons (Fsp3) is 0. The van der Waals surface area contributed by atoms with Gasteiger partial charge in [-0.1, -0.05) is 0 Å². The molecule has 1 N–H and O–H groups in total. The molecule has 2 amide bonds. The van der Waals surface area contributed by atoms with Crippen LogP contribution in [-0.2, 0) is 0 Å². The monoisotopic (exact) mass is 264 g/mol. The number of rotatable bonds is 1. The SMILES string of the molecule is C=NN1C(=O)NC=N/C1=C\I. The van der Waals surface area contributed by atoms with Gasteiger partial charge in [0.05, 0.1) is 6.34 Å². The summed E-state index contributed by atoms with van der Waals surface area (Å²) >= 11 is 1.97. The lowest BCUT2D eigenvalue weighted by Gasteiger charge is -2.18. The Hall–Kier alpha value is -0.920. The molecule has 1 aliphatic rings. The molecule has 0 saturated heterocycles. The van der Waals surface area contributed by atoms with Gasteiger partial charge in [0.15, 0.2) is 5.82 Å². The van der Waals surface area contributed by atoms with Gasteiger partial charge < -0.3 is 0 Å². The highest BCUT2D eigenvalue weighted by atomic mass is 127. The lowest BCUT2D eigenvalue weighted by molar-refractivity contribution is 0.216. The van der Waals surface area contributed by atoms with Crippen molar-refractivity contribution < 1.29 is 4.79 Å². The summed E-state index contributed by atoms with van der Waals surface area (Å²) < 4.78 is 1.64. The molecule has 0 radical (unpaired) electrons. The molecule has 0 aromatic rings. The maximum atomic E-state index is 10.9.